The highest BCUT2D eigenvalue weighted by molar-refractivity contribution is 7.09. The Morgan fingerprint density at radius 2 is 2.20 bits per heavy atom. The minimum Gasteiger partial charge on any atom is -0.378 e. The molecule has 20 heavy (non-hydrogen) atoms. The first-order chi connectivity index (χ1) is 9.75. The second-order valence-corrected chi connectivity index (χ2v) is 6.13. The van der Waals surface area contributed by atoms with E-state index >= 15 is 0 Å². The summed E-state index contributed by atoms with van der Waals surface area (Å²) in [6.45, 7) is 3.01. The van der Waals surface area contributed by atoms with Gasteiger partial charge in [0.25, 0.3) is 0 Å². The first kappa shape index (κ1) is 13.6. The Morgan fingerprint density at radius 3 is 2.90 bits per heavy atom. The zero-order valence-corrected chi connectivity index (χ0v) is 12.1. The van der Waals surface area contributed by atoms with Crippen molar-refractivity contribution >= 4 is 23.2 Å². The molecule has 2 fully saturated rings. The number of nitrogens with zero attached hydrogens (tertiary/aromatic N) is 2. The zero-order valence-electron chi connectivity index (χ0n) is 11.3. The molecule has 3 rings (SSSR count). The molecule has 6 heteroatoms. The predicted octanol–water partition coefficient (Wildman–Crippen LogP) is 1.10. The molecule has 0 spiro atoms. The summed E-state index contributed by atoms with van der Waals surface area (Å²) in [7, 11) is 0. The molecule has 1 atom stereocenters. The van der Waals surface area contributed by atoms with Crippen LogP contribution in [0, 0.1) is 0 Å². The topological polar surface area (TPSA) is 49.9 Å². The van der Waals surface area contributed by atoms with E-state index in [1.807, 2.05) is 22.4 Å². The van der Waals surface area contributed by atoms with E-state index in [1.165, 1.54) is 0 Å². The largest absolute Gasteiger partial charge is 0.378 e. The number of hydrogen-bond donors (Lipinski definition) is 0. The second kappa shape index (κ2) is 5.93. The molecule has 0 radical (unpaired) electrons. The van der Waals surface area contributed by atoms with Gasteiger partial charge in [0.2, 0.25) is 11.8 Å². The molecule has 0 saturated carbocycles. The fourth-order valence-electron chi connectivity index (χ4n) is 2.75. The third-order valence-electron chi connectivity index (χ3n) is 3.84. The van der Waals surface area contributed by atoms with Gasteiger partial charge in [-0.25, -0.2) is 0 Å². The number of thiophene rings is 1. The van der Waals surface area contributed by atoms with Crippen molar-refractivity contribution in [3.8, 4) is 0 Å². The van der Waals surface area contributed by atoms with Crippen molar-refractivity contribution in [1.82, 2.24) is 9.80 Å². The molecule has 0 bridgehead atoms. The van der Waals surface area contributed by atoms with Crippen molar-refractivity contribution in [2.45, 2.75) is 25.4 Å². The Hall–Kier alpha value is -1.40. The van der Waals surface area contributed by atoms with Crippen LogP contribution >= 0.6 is 11.3 Å². The summed E-state index contributed by atoms with van der Waals surface area (Å²) in [5, 5.41) is 1.99. The zero-order chi connectivity index (χ0) is 13.9. The number of hydrogen-bond acceptors (Lipinski definition) is 4. The summed E-state index contributed by atoms with van der Waals surface area (Å²) in [4.78, 5) is 29.3. The molecular weight excluding hydrogens is 276 g/mol. The molecule has 0 unspecified atom stereocenters. The van der Waals surface area contributed by atoms with Gasteiger partial charge in [0, 0.05) is 24.4 Å². The Morgan fingerprint density at radius 1 is 1.40 bits per heavy atom. The number of amides is 2. The lowest BCUT2D eigenvalue weighted by molar-refractivity contribution is -0.144. The van der Waals surface area contributed by atoms with Crippen LogP contribution in [0.4, 0.5) is 0 Å². The standard InChI is InChI=1S/C14H18N2O3S/c17-13-4-3-12(14(18)15-5-7-19-8-6-15)16(13)10-11-2-1-9-20-11/h1-2,9,12H,3-8,10H2/t12-/m0/s1. The summed E-state index contributed by atoms with van der Waals surface area (Å²) in [6.07, 6.45) is 1.12. The Balaban J connectivity index is 1.70. The van der Waals surface area contributed by atoms with Crippen LogP contribution in [-0.2, 0) is 20.9 Å². The number of ether oxygens (including phenoxy) is 1. The maximum Gasteiger partial charge on any atom is 0.245 e. The van der Waals surface area contributed by atoms with Crippen LogP contribution in [0.15, 0.2) is 17.5 Å². The van der Waals surface area contributed by atoms with Crippen molar-refractivity contribution in [2.75, 3.05) is 26.3 Å². The summed E-state index contributed by atoms with van der Waals surface area (Å²) < 4.78 is 5.27. The first-order valence-corrected chi connectivity index (χ1v) is 7.82. The summed E-state index contributed by atoms with van der Waals surface area (Å²) in [6, 6.07) is 3.69. The van der Waals surface area contributed by atoms with E-state index in [0.29, 0.717) is 45.7 Å². The highest BCUT2D eigenvalue weighted by atomic mass is 32.1. The van der Waals surface area contributed by atoms with Crippen LogP contribution in [0.1, 0.15) is 17.7 Å². The van der Waals surface area contributed by atoms with Gasteiger partial charge in [-0.2, -0.15) is 0 Å². The highest BCUT2D eigenvalue weighted by Crippen LogP contribution is 2.25. The van der Waals surface area contributed by atoms with Crippen LogP contribution in [0.3, 0.4) is 0 Å². The van der Waals surface area contributed by atoms with Crippen molar-refractivity contribution in [3.05, 3.63) is 22.4 Å². The molecule has 1 aromatic heterocycles. The average molecular weight is 294 g/mol. The normalized spacial score (nSPS) is 23.4. The van der Waals surface area contributed by atoms with Crippen LogP contribution in [0.5, 0.6) is 0 Å². The molecule has 2 amide bonds. The van der Waals surface area contributed by atoms with E-state index in [2.05, 4.69) is 0 Å². The number of carbonyl (C=O) groups is 2. The molecule has 108 valence electrons. The maximum absolute atomic E-state index is 12.6. The highest BCUT2D eigenvalue weighted by Gasteiger charge is 2.38. The van der Waals surface area contributed by atoms with E-state index in [0.717, 1.165) is 4.88 Å². The Bertz CT molecular complexity index is 483. The van der Waals surface area contributed by atoms with Crippen LogP contribution in [-0.4, -0.2) is 54.0 Å². The number of morpholine rings is 1. The smallest absolute Gasteiger partial charge is 0.245 e. The van der Waals surface area contributed by atoms with Gasteiger partial charge in [-0.15, -0.1) is 11.3 Å². The number of likely N-dealkylation sites (tertiary alicyclic amines) is 1. The van der Waals surface area contributed by atoms with Gasteiger partial charge in [-0.05, 0) is 17.9 Å². The van der Waals surface area contributed by atoms with E-state index in [4.69, 9.17) is 4.74 Å². The fraction of sp³-hybridized carbons (Fsp3) is 0.571. The van der Waals surface area contributed by atoms with Gasteiger partial charge in [0.05, 0.1) is 19.8 Å². The molecule has 0 aliphatic carbocycles. The monoisotopic (exact) mass is 294 g/mol. The first-order valence-electron chi connectivity index (χ1n) is 6.94. The number of carbonyl (C=O) groups excluding carboxylic acids is 2. The maximum atomic E-state index is 12.6. The molecule has 2 aliphatic heterocycles. The fourth-order valence-corrected chi connectivity index (χ4v) is 3.46. The van der Waals surface area contributed by atoms with E-state index in [1.54, 1.807) is 16.2 Å². The van der Waals surface area contributed by atoms with E-state index in [9.17, 15) is 9.59 Å². The molecule has 2 saturated heterocycles. The lowest BCUT2D eigenvalue weighted by atomic mass is 10.2. The quantitative estimate of drug-likeness (QED) is 0.839. The number of rotatable bonds is 3. The van der Waals surface area contributed by atoms with Crippen LogP contribution in [0.2, 0.25) is 0 Å². The van der Waals surface area contributed by atoms with Gasteiger partial charge >= 0.3 is 0 Å². The molecule has 2 aliphatic rings. The molecule has 0 N–H and O–H groups in total. The summed E-state index contributed by atoms with van der Waals surface area (Å²) in [5.74, 6) is 0.167. The summed E-state index contributed by atoms with van der Waals surface area (Å²) in [5.41, 5.74) is 0. The van der Waals surface area contributed by atoms with Gasteiger partial charge < -0.3 is 14.5 Å². The Labute approximate surface area is 122 Å². The molecule has 0 aromatic carbocycles. The van der Waals surface area contributed by atoms with Crippen molar-refractivity contribution < 1.29 is 14.3 Å². The van der Waals surface area contributed by atoms with Gasteiger partial charge in [-0.1, -0.05) is 6.07 Å². The molecule has 5 nitrogen and oxygen atoms in total. The molecule has 1 aromatic rings. The van der Waals surface area contributed by atoms with Crippen LogP contribution < -0.4 is 0 Å². The van der Waals surface area contributed by atoms with E-state index in [-0.39, 0.29) is 17.9 Å². The minimum atomic E-state index is -0.289. The van der Waals surface area contributed by atoms with Crippen molar-refractivity contribution in [2.24, 2.45) is 0 Å². The van der Waals surface area contributed by atoms with Gasteiger partial charge in [-0.3, -0.25) is 9.59 Å². The van der Waals surface area contributed by atoms with Crippen LogP contribution in [0.25, 0.3) is 0 Å². The van der Waals surface area contributed by atoms with Crippen molar-refractivity contribution in [1.29, 1.82) is 0 Å². The minimum absolute atomic E-state index is 0.0794. The lowest BCUT2D eigenvalue weighted by Gasteiger charge is -2.32. The predicted molar refractivity (Wildman–Crippen MR) is 75.3 cm³/mol. The lowest BCUT2D eigenvalue weighted by Crippen LogP contribution is -2.50. The van der Waals surface area contributed by atoms with Gasteiger partial charge in [0.1, 0.15) is 6.04 Å². The van der Waals surface area contributed by atoms with Crippen molar-refractivity contribution in [3.63, 3.8) is 0 Å². The third-order valence-corrected chi connectivity index (χ3v) is 4.70. The van der Waals surface area contributed by atoms with Gasteiger partial charge in [0.15, 0.2) is 0 Å². The molecular formula is C14H18N2O3S. The third kappa shape index (κ3) is 2.71. The SMILES string of the molecule is O=C([C@@H]1CCC(=O)N1Cc1cccs1)N1CCOCC1. The van der Waals surface area contributed by atoms with E-state index < -0.39 is 0 Å². The molecule has 3 heterocycles. The second-order valence-electron chi connectivity index (χ2n) is 5.09. The average Bonchev–Trinajstić information content (AvgIpc) is 3.11. The Kier molecular flexibility index (Phi) is 4.03. The summed E-state index contributed by atoms with van der Waals surface area (Å²) >= 11 is 1.62.